The summed E-state index contributed by atoms with van der Waals surface area (Å²) < 4.78 is 5.48. The first-order valence-electron chi connectivity index (χ1n) is 7.69. The van der Waals surface area contributed by atoms with Crippen molar-refractivity contribution in [3.05, 3.63) is 65.7 Å². The van der Waals surface area contributed by atoms with Crippen LogP contribution in [0.3, 0.4) is 0 Å². The van der Waals surface area contributed by atoms with Gasteiger partial charge in [-0.1, -0.05) is 30.3 Å². The van der Waals surface area contributed by atoms with Crippen LogP contribution in [0.15, 0.2) is 54.6 Å². The van der Waals surface area contributed by atoms with Gasteiger partial charge in [-0.3, -0.25) is 9.59 Å². The molecule has 2 aromatic rings. The second-order valence-corrected chi connectivity index (χ2v) is 5.32. The minimum Gasteiger partial charge on any atom is -0.493 e. The summed E-state index contributed by atoms with van der Waals surface area (Å²) in [7, 11) is 0. The number of ether oxygens (including phenoxy) is 1. The maximum Gasteiger partial charge on any atom is 0.251 e. The van der Waals surface area contributed by atoms with Crippen LogP contribution in [0.25, 0.3) is 0 Å². The van der Waals surface area contributed by atoms with E-state index in [1.165, 1.54) is 0 Å². The van der Waals surface area contributed by atoms with Crippen LogP contribution >= 0.6 is 0 Å². The maximum atomic E-state index is 11.9. The quantitative estimate of drug-likeness (QED) is 0.815. The molecule has 2 rings (SSSR count). The van der Waals surface area contributed by atoms with Gasteiger partial charge in [-0.25, -0.2) is 0 Å². The van der Waals surface area contributed by atoms with E-state index in [0.717, 1.165) is 17.7 Å². The van der Waals surface area contributed by atoms with Gasteiger partial charge in [0.05, 0.1) is 6.61 Å². The number of Topliss-reactive ketones (excluding diaryl/α,β-unsaturated/α-hetero) is 1. The highest BCUT2D eigenvalue weighted by molar-refractivity contribution is 5.94. The molecule has 120 valence electrons. The lowest BCUT2D eigenvalue weighted by molar-refractivity contribution is -0.117. The molecule has 0 saturated carbocycles. The fraction of sp³-hybridized carbons (Fsp3) is 0.263. The highest BCUT2D eigenvalue weighted by Gasteiger charge is 2.03. The van der Waals surface area contributed by atoms with E-state index in [2.05, 4.69) is 5.32 Å². The maximum absolute atomic E-state index is 11.9. The lowest BCUT2D eigenvalue weighted by Crippen LogP contribution is -2.25. The van der Waals surface area contributed by atoms with E-state index in [9.17, 15) is 9.59 Å². The fourth-order valence-electron chi connectivity index (χ4n) is 2.08. The Morgan fingerprint density at radius 2 is 1.70 bits per heavy atom. The molecule has 0 radical (unpaired) electrons. The van der Waals surface area contributed by atoms with Gasteiger partial charge in [-0.05, 0) is 43.2 Å². The third-order valence-corrected chi connectivity index (χ3v) is 3.38. The van der Waals surface area contributed by atoms with Gasteiger partial charge in [0.15, 0.2) is 0 Å². The summed E-state index contributed by atoms with van der Waals surface area (Å²) >= 11 is 0. The largest absolute Gasteiger partial charge is 0.493 e. The number of benzene rings is 2. The lowest BCUT2D eigenvalue weighted by Gasteiger charge is -2.07. The van der Waals surface area contributed by atoms with E-state index in [1.807, 2.05) is 42.5 Å². The molecule has 0 aromatic heterocycles. The Hall–Kier alpha value is -2.62. The summed E-state index contributed by atoms with van der Waals surface area (Å²) in [5, 5.41) is 2.90. The normalized spacial score (nSPS) is 10.1. The van der Waals surface area contributed by atoms with E-state index < -0.39 is 0 Å². The Morgan fingerprint density at radius 3 is 2.35 bits per heavy atom. The molecule has 0 unspecified atom stereocenters. The van der Waals surface area contributed by atoms with E-state index in [-0.39, 0.29) is 11.7 Å². The average molecular weight is 311 g/mol. The number of ketones is 1. The fourth-order valence-corrected chi connectivity index (χ4v) is 2.08. The Morgan fingerprint density at radius 1 is 1.00 bits per heavy atom. The van der Waals surface area contributed by atoms with Gasteiger partial charge in [0.2, 0.25) is 0 Å². The third kappa shape index (κ3) is 5.94. The summed E-state index contributed by atoms with van der Waals surface area (Å²) in [6.45, 7) is 2.54. The molecular weight excluding hydrogens is 290 g/mol. The number of hydrogen-bond donors (Lipinski definition) is 1. The van der Waals surface area contributed by atoms with Gasteiger partial charge in [-0.2, -0.15) is 0 Å². The van der Waals surface area contributed by atoms with Crippen LogP contribution in [0, 0.1) is 0 Å². The molecule has 4 nitrogen and oxygen atoms in total. The minimum absolute atomic E-state index is 0.0604. The van der Waals surface area contributed by atoms with Crippen molar-refractivity contribution in [3.8, 4) is 5.75 Å². The van der Waals surface area contributed by atoms with Gasteiger partial charge in [-0.15, -0.1) is 0 Å². The van der Waals surface area contributed by atoms with Crippen molar-refractivity contribution in [3.63, 3.8) is 0 Å². The number of nitrogens with one attached hydrogen (secondary N) is 1. The van der Waals surface area contributed by atoms with Crippen LogP contribution in [0.5, 0.6) is 5.75 Å². The minimum atomic E-state index is -0.0604. The molecular formula is C19H21NO3. The highest BCUT2D eigenvalue weighted by Crippen LogP contribution is 2.12. The first-order valence-corrected chi connectivity index (χ1v) is 7.69. The molecule has 0 aliphatic carbocycles. The van der Waals surface area contributed by atoms with E-state index in [0.29, 0.717) is 25.1 Å². The molecule has 0 bridgehead atoms. The molecule has 1 N–H and O–H groups in total. The first kappa shape index (κ1) is 16.7. The first-order chi connectivity index (χ1) is 11.1. The van der Waals surface area contributed by atoms with E-state index in [4.69, 9.17) is 4.74 Å². The predicted octanol–water partition coefficient (Wildman–Crippen LogP) is 3.02. The van der Waals surface area contributed by atoms with Crippen molar-refractivity contribution in [1.29, 1.82) is 0 Å². The molecule has 0 aliphatic heterocycles. The average Bonchev–Trinajstić information content (AvgIpc) is 2.57. The molecule has 4 heteroatoms. The molecule has 0 saturated heterocycles. The highest BCUT2D eigenvalue weighted by atomic mass is 16.5. The topological polar surface area (TPSA) is 55.4 Å². The zero-order valence-corrected chi connectivity index (χ0v) is 13.2. The Labute approximate surface area is 136 Å². The van der Waals surface area contributed by atoms with Crippen molar-refractivity contribution in [2.75, 3.05) is 13.2 Å². The number of carbonyl (C=O) groups excluding carboxylic acids is 2. The molecule has 0 heterocycles. The lowest BCUT2D eigenvalue weighted by atomic mass is 10.1. The number of carbonyl (C=O) groups is 2. The summed E-state index contributed by atoms with van der Waals surface area (Å²) in [6.07, 6.45) is 1.18. The zero-order valence-electron chi connectivity index (χ0n) is 13.2. The second kappa shape index (κ2) is 8.73. The van der Waals surface area contributed by atoms with Gasteiger partial charge in [0, 0.05) is 18.5 Å². The number of amides is 1. The standard InChI is InChI=1S/C19H21NO3/c1-15(21)12-14-23-18-9-7-16(8-10-18)11-13-20-19(22)17-5-3-2-4-6-17/h2-10H,11-14H2,1H3,(H,20,22). The zero-order chi connectivity index (χ0) is 16.5. The Balaban J connectivity index is 1.73. The van der Waals surface area contributed by atoms with Crippen molar-refractivity contribution in [1.82, 2.24) is 5.32 Å². The van der Waals surface area contributed by atoms with Crippen molar-refractivity contribution >= 4 is 11.7 Å². The molecule has 0 spiro atoms. The molecule has 0 aliphatic rings. The van der Waals surface area contributed by atoms with Crippen LogP contribution in [0.2, 0.25) is 0 Å². The third-order valence-electron chi connectivity index (χ3n) is 3.38. The molecule has 0 atom stereocenters. The van der Waals surface area contributed by atoms with Crippen LogP contribution < -0.4 is 10.1 Å². The van der Waals surface area contributed by atoms with Crippen LogP contribution in [0.4, 0.5) is 0 Å². The summed E-state index contributed by atoms with van der Waals surface area (Å²) in [4.78, 5) is 22.8. The van der Waals surface area contributed by atoms with Crippen LogP contribution in [0.1, 0.15) is 29.3 Å². The summed E-state index contributed by atoms with van der Waals surface area (Å²) in [5.41, 5.74) is 1.79. The van der Waals surface area contributed by atoms with Gasteiger partial charge >= 0.3 is 0 Å². The molecule has 0 fully saturated rings. The SMILES string of the molecule is CC(=O)CCOc1ccc(CCNC(=O)c2ccccc2)cc1. The predicted molar refractivity (Wildman–Crippen MR) is 89.7 cm³/mol. The van der Waals surface area contributed by atoms with E-state index >= 15 is 0 Å². The van der Waals surface area contributed by atoms with E-state index in [1.54, 1.807) is 19.1 Å². The summed E-state index contributed by atoms with van der Waals surface area (Å²) in [5.74, 6) is 0.814. The van der Waals surface area contributed by atoms with Crippen molar-refractivity contribution < 1.29 is 14.3 Å². The van der Waals surface area contributed by atoms with Crippen molar-refractivity contribution in [2.24, 2.45) is 0 Å². The Bertz CT molecular complexity index is 635. The van der Waals surface area contributed by atoms with Crippen LogP contribution in [-0.4, -0.2) is 24.8 Å². The molecule has 1 amide bonds. The smallest absolute Gasteiger partial charge is 0.251 e. The second-order valence-electron chi connectivity index (χ2n) is 5.32. The van der Waals surface area contributed by atoms with Gasteiger partial charge in [0.25, 0.3) is 5.91 Å². The van der Waals surface area contributed by atoms with Gasteiger partial charge in [0.1, 0.15) is 11.5 Å². The summed E-state index contributed by atoms with van der Waals surface area (Å²) in [6, 6.07) is 16.9. The number of rotatable bonds is 8. The molecule has 2 aromatic carbocycles. The van der Waals surface area contributed by atoms with Crippen LogP contribution in [-0.2, 0) is 11.2 Å². The van der Waals surface area contributed by atoms with Crippen molar-refractivity contribution in [2.45, 2.75) is 19.8 Å². The monoisotopic (exact) mass is 311 g/mol. The number of hydrogen-bond acceptors (Lipinski definition) is 3. The van der Waals surface area contributed by atoms with Gasteiger partial charge < -0.3 is 10.1 Å². The molecule has 23 heavy (non-hydrogen) atoms. The Kier molecular flexibility index (Phi) is 6.36.